The Labute approximate surface area is 150 Å². The van der Waals surface area contributed by atoms with Crippen molar-refractivity contribution < 1.29 is 4.92 Å². The number of rotatable bonds is 8. The predicted octanol–water partition coefficient (Wildman–Crippen LogP) is 6.58. The first-order valence-electron chi connectivity index (χ1n) is 8.93. The number of hydrogen-bond acceptors (Lipinski definition) is 2. The van der Waals surface area contributed by atoms with Gasteiger partial charge in [0.25, 0.3) is 5.69 Å². The van der Waals surface area contributed by atoms with Crippen LogP contribution < -0.4 is 0 Å². The lowest BCUT2D eigenvalue weighted by Gasteiger charge is -2.10. The minimum absolute atomic E-state index is 0.127. The Hall–Kier alpha value is -2.42. The number of non-ortho nitro benzene ring substituents is 1. The highest BCUT2D eigenvalue weighted by Crippen LogP contribution is 2.23. The smallest absolute Gasteiger partial charge is 0.258 e. The third kappa shape index (κ3) is 6.18. The third-order valence-electron chi connectivity index (χ3n) is 4.50. The van der Waals surface area contributed by atoms with Crippen LogP contribution in [-0.2, 0) is 6.42 Å². The molecule has 0 aliphatic carbocycles. The van der Waals surface area contributed by atoms with Crippen molar-refractivity contribution in [3.8, 4) is 11.1 Å². The topological polar surface area (TPSA) is 43.1 Å². The monoisotopic (exact) mass is 337 g/mol. The fourth-order valence-corrected chi connectivity index (χ4v) is 2.85. The van der Waals surface area contributed by atoms with E-state index in [1.807, 2.05) is 0 Å². The van der Waals surface area contributed by atoms with Crippen molar-refractivity contribution in [2.75, 3.05) is 0 Å². The summed E-state index contributed by atoms with van der Waals surface area (Å²) < 4.78 is 0. The number of aryl methyl sites for hydroxylation is 1. The molecule has 0 spiro atoms. The van der Waals surface area contributed by atoms with Crippen LogP contribution in [0.25, 0.3) is 11.1 Å². The van der Waals surface area contributed by atoms with E-state index in [-0.39, 0.29) is 10.6 Å². The summed E-state index contributed by atoms with van der Waals surface area (Å²) in [4.78, 5) is 10.4. The molecule has 1 atom stereocenters. The quantitative estimate of drug-likeness (QED) is 0.310. The largest absolute Gasteiger partial charge is 0.269 e. The van der Waals surface area contributed by atoms with Gasteiger partial charge in [0.15, 0.2) is 0 Å². The van der Waals surface area contributed by atoms with Gasteiger partial charge in [0, 0.05) is 12.1 Å². The van der Waals surface area contributed by atoms with E-state index in [1.54, 1.807) is 24.3 Å². The summed E-state index contributed by atoms with van der Waals surface area (Å²) in [5.41, 5.74) is 4.97. The molecule has 0 radical (unpaired) electrons. The average molecular weight is 337 g/mol. The van der Waals surface area contributed by atoms with Crippen LogP contribution in [0.1, 0.15) is 45.6 Å². The summed E-state index contributed by atoms with van der Waals surface area (Å²) >= 11 is 0. The van der Waals surface area contributed by atoms with Gasteiger partial charge in [-0.3, -0.25) is 10.1 Å². The van der Waals surface area contributed by atoms with E-state index >= 15 is 0 Å². The zero-order valence-electron chi connectivity index (χ0n) is 15.4. The molecule has 0 amide bonds. The molecule has 132 valence electrons. The van der Waals surface area contributed by atoms with E-state index in [2.05, 4.69) is 51.1 Å². The number of benzene rings is 2. The Kier molecular flexibility index (Phi) is 6.93. The molecule has 0 aromatic heterocycles. The van der Waals surface area contributed by atoms with Crippen molar-refractivity contribution in [3.05, 3.63) is 75.9 Å². The maximum absolute atomic E-state index is 10.7. The molecule has 0 fully saturated rings. The summed E-state index contributed by atoms with van der Waals surface area (Å²) in [6, 6.07) is 15.2. The Bertz CT molecular complexity index is 711. The number of nitrogens with zero attached hydrogens (tertiary/aromatic N) is 1. The molecule has 0 heterocycles. The fourth-order valence-electron chi connectivity index (χ4n) is 2.85. The van der Waals surface area contributed by atoms with Crippen molar-refractivity contribution in [1.82, 2.24) is 0 Å². The maximum atomic E-state index is 10.7. The summed E-state index contributed by atoms with van der Waals surface area (Å²) in [5, 5.41) is 10.7. The Balaban J connectivity index is 1.89. The van der Waals surface area contributed by atoms with Crippen LogP contribution in [0.15, 0.2) is 60.2 Å². The van der Waals surface area contributed by atoms with Gasteiger partial charge in [-0.05, 0) is 74.3 Å². The third-order valence-corrected chi connectivity index (χ3v) is 4.50. The lowest BCUT2D eigenvalue weighted by molar-refractivity contribution is -0.384. The molecule has 2 rings (SSSR count). The van der Waals surface area contributed by atoms with E-state index in [4.69, 9.17) is 0 Å². The molecule has 2 aromatic rings. The van der Waals surface area contributed by atoms with Crippen molar-refractivity contribution in [1.29, 1.82) is 0 Å². The van der Waals surface area contributed by atoms with Gasteiger partial charge in [0.05, 0.1) is 4.92 Å². The van der Waals surface area contributed by atoms with Crippen molar-refractivity contribution in [2.24, 2.45) is 5.92 Å². The molecule has 0 bridgehead atoms. The van der Waals surface area contributed by atoms with Gasteiger partial charge >= 0.3 is 0 Å². The molecule has 0 unspecified atom stereocenters. The van der Waals surface area contributed by atoms with Crippen LogP contribution in [0.2, 0.25) is 0 Å². The highest BCUT2D eigenvalue weighted by molar-refractivity contribution is 5.65. The highest BCUT2D eigenvalue weighted by atomic mass is 16.6. The zero-order chi connectivity index (χ0) is 18.2. The molecule has 25 heavy (non-hydrogen) atoms. The number of nitro benzene ring substituents is 1. The molecule has 3 nitrogen and oxygen atoms in total. The molecule has 0 N–H and O–H groups in total. The standard InChI is InChI=1S/C22H27NO2/c1-17(2)5-4-6-18(3)7-8-19-9-11-20(12-10-19)21-13-15-22(16-14-21)23(24)25/h5,9-16,18H,4,6-8H2,1-3H3/t18-/m0/s1. The molecular formula is C22H27NO2. The van der Waals surface area contributed by atoms with E-state index in [9.17, 15) is 10.1 Å². The second-order valence-corrected chi connectivity index (χ2v) is 7.00. The van der Waals surface area contributed by atoms with E-state index in [0.717, 1.165) is 23.5 Å². The first-order valence-corrected chi connectivity index (χ1v) is 8.93. The summed E-state index contributed by atoms with van der Waals surface area (Å²) in [6.45, 7) is 6.62. The predicted molar refractivity (Wildman–Crippen MR) is 105 cm³/mol. The van der Waals surface area contributed by atoms with Crippen molar-refractivity contribution >= 4 is 5.69 Å². The van der Waals surface area contributed by atoms with Crippen LogP contribution >= 0.6 is 0 Å². The van der Waals surface area contributed by atoms with E-state index in [0.29, 0.717) is 0 Å². The van der Waals surface area contributed by atoms with Crippen molar-refractivity contribution in [2.45, 2.75) is 46.5 Å². The van der Waals surface area contributed by atoms with Gasteiger partial charge in [-0.25, -0.2) is 0 Å². The zero-order valence-corrected chi connectivity index (χ0v) is 15.4. The first-order chi connectivity index (χ1) is 12.0. The van der Waals surface area contributed by atoms with Gasteiger partial charge in [0.1, 0.15) is 0 Å². The first kappa shape index (κ1) is 18.9. The summed E-state index contributed by atoms with van der Waals surface area (Å²) in [6.07, 6.45) is 7.02. The van der Waals surface area contributed by atoms with Crippen LogP contribution in [-0.4, -0.2) is 4.92 Å². The lowest BCUT2D eigenvalue weighted by atomic mass is 9.95. The van der Waals surface area contributed by atoms with Gasteiger partial charge in [0.2, 0.25) is 0 Å². The van der Waals surface area contributed by atoms with Crippen LogP contribution in [0.5, 0.6) is 0 Å². The molecule has 0 aliphatic rings. The van der Waals surface area contributed by atoms with Crippen molar-refractivity contribution in [3.63, 3.8) is 0 Å². The van der Waals surface area contributed by atoms with Crippen LogP contribution in [0.4, 0.5) is 5.69 Å². The van der Waals surface area contributed by atoms with Crippen LogP contribution in [0, 0.1) is 16.0 Å². The van der Waals surface area contributed by atoms with Gasteiger partial charge in [-0.1, -0.05) is 42.8 Å². The molecule has 0 saturated carbocycles. The van der Waals surface area contributed by atoms with Gasteiger partial charge in [-0.2, -0.15) is 0 Å². The normalized spacial score (nSPS) is 11.8. The molecule has 3 heteroatoms. The summed E-state index contributed by atoms with van der Waals surface area (Å²) in [5.74, 6) is 0.727. The highest BCUT2D eigenvalue weighted by Gasteiger charge is 2.06. The Morgan fingerprint density at radius 2 is 1.56 bits per heavy atom. The van der Waals surface area contributed by atoms with Gasteiger partial charge < -0.3 is 0 Å². The molecule has 0 saturated heterocycles. The number of hydrogen-bond donors (Lipinski definition) is 0. The fraction of sp³-hybridized carbons (Fsp3) is 0.364. The van der Waals surface area contributed by atoms with Crippen LogP contribution in [0.3, 0.4) is 0 Å². The number of allylic oxidation sites excluding steroid dienone is 2. The second-order valence-electron chi connectivity index (χ2n) is 7.00. The lowest BCUT2D eigenvalue weighted by Crippen LogP contribution is -1.97. The minimum Gasteiger partial charge on any atom is -0.258 e. The second kappa shape index (κ2) is 9.16. The van der Waals surface area contributed by atoms with E-state index in [1.165, 1.54) is 30.4 Å². The Morgan fingerprint density at radius 3 is 2.08 bits per heavy atom. The SMILES string of the molecule is CC(C)=CCC[C@H](C)CCc1ccc(-c2ccc([N+](=O)[O-])cc2)cc1. The Morgan fingerprint density at radius 1 is 1.00 bits per heavy atom. The van der Waals surface area contributed by atoms with Gasteiger partial charge in [-0.15, -0.1) is 0 Å². The average Bonchev–Trinajstić information content (AvgIpc) is 2.60. The minimum atomic E-state index is -0.369. The maximum Gasteiger partial charge on any atom is 0.269 e. The molecule has 2 aromatic carbocycles. The molecule has 0 aliphatic heterocycles. The molecular weight excluding hydrogens is 310 g/mol. The summed E-state index contributed by atoms with van der Waals surface area (Å²) in [7, 11) is 0. The number of nitro groups is 1. The van der Waals surface area contributed by atoms with E-state index < -0.39 is 0 Å².